The van der Waals surface area contributed by atoms with Crippen LogP contribution in [0.4, 0.5) is 5.69 Å². The molecule has 28 heavy (non-hydrogen) atoms. The highest BCUT2D eigenvalue weighted by Crippen LogP contribution is 2.19. The lowest BCUT2D eigenvalue weighted by Crippen LogP contribution is -2.33. The van der Waals surface area contributed by atoms with Gasteiger partial charge in [0.25, 0.3) is 5.91 Å². The van der Waals surface area contributed by atoms with Crippen LogP contribution in [0.5, 0.6) is 0 Å². The van der Waals surface area contributed by atoms with E-state index in [1.54, 1.807) is 42.5 Å². The van der Waals surface area contributed by atoms with Gasteiger partial charge in [-0.2, -0.15) is 0 Å². The molecule has 3 heterocycles. The molecule has 142 valence electrons. The molecule has 0 spiro atoms. The van der Waals surface area contributed by atoms with Crippen molar-refractivity contribution in [2.75, 3.05) is 11.9 Å². The Morgan fingerprint density at radius 2 is 2.11 bits per heavy atom. The van der Waals surface area contributed by atoms with E-state index in [2.05, 4.69) is 15.6 Å². The number of imidazole rings is 1. The maximum Gasteiger partial charge on any atom is 0.268 e. The Labute approximate surface area is 160 Å². The summed E-state index contributed by atoms with van der Waals surface area (Å²) in [5.74, 6) is -0.635. The zero-order valence-corrected chi connectivity index (χ0v) is 15.3. The van der Waals surface area contributed by atoms with Crippen LogP contribution >= 0.6 is 0 Å². The van der Waals surface area contributed by atoms with E-state index in [-0.39, 0.29) is 18.4 Å². The Morgan fingerprint density at radius 1 is 1.21 bits per heavy atom. The zero-order chi connectivity index (χ0) is 19.5. The Morgan fingerprint density at radius 3 is 2.89 bits per heavy atom. The van der Waals surface area contributed by atoms with Gasteiger partial charge in [-0.3, -0.25) is 9.59 Å². The van der Waals surface area contributed by atoms with Crippen LogP contribution in [-0.2, 0) is 18.4 Å². The van der Waals surface area contributed by atoms with Crippen molar-refractivity contribution in [1.82, 2.24) is 19.4 Å². The topological polar surface area (TPSA) is 94.1 Å². The van der Waals surface area contributed by atoms with E-state index in [1.165, 1.54) is 0 Å². The van der Waals surface area contributed by atoms with E-state index in [4.69, 9.17) is 4.42 Å². The molecule has 0 unspecified atom stereocenters. The van der Waals surface area contributed by atoms with E-state index in [9.17, 15) is 9.59 Å². The first-order valence-electron chi connectivity index (χ1n) is 8.76. The summed E-state index contributed by atoms with van der Waals surface area (Å²) in [6.07, 6.45) is 6.90. The van der Waals surface area contributed by atoms with Gasteiger partial charge in [-0.25, -0.2) is 4.98 Å². The average Bonchev–Trinajstić information content (AvgIpc) is 3.40. The Kier molecular flexibility index (Phi) is 4.67. The Hall–Kier alpha value is -3.81. The number of amides is 2. The fourth-order valence-corrected chi connectivity index (χ4v) is 3.06. The fraction of sp³-hybridized carbons (Fsp3) is 0.150. The second-order valence-corrected chi connectivity index (χ2v) is 6.42. The van der Waals surface area contributed by atoms with Crippen molar-refractivity contribution in [3.63, 3.8) is 0 Å². The predicted molar refractivity (Wildman–Crippen MR) is 104 cm³/mol. The number of hydrogen-bond donors (Lipinski definition) is 2. The number of carbonyl (C=O) groups is 2. The van der Waals surface area contributed by atoms with Gasteiger partial charge >= 0.3 is 0 Å². The van der Waals surface area contributed by atoms with Crippen LogP contribution in [0.15, 0.2) is 65.8 Å². The van der Waals surface area contributed by atoms with Gasteiger partial charge in [0.1, 0.15) is 5.69 Å². The fourth-order valence-electron chi connectivity index (χ4n) is 3.06. The number of aromatic nitrogens is 3. The molecule has 4 aromatic rings. The van der Waals surface area contributed by atoms with Crippen LogP contribution < -0.4 is 10.6 Å². The molecule has 0 fully saturated rings. The first kappa shape index (κ1) is 17.6. The van der Waals surface area contributed by atoms with Gasteiger partial charge in [-0.15, -0.1) is 0 Å². The molecule has 2 amide bonds. The second kappa shape index (κ2) is 7.43. The number of hydrogen-bond acceptors (Lipinski definition) is 4. The molecule has 0 aliphatic carbocycles. The van der Waals surface area contributed by atoms with Crippen molar-refractivity contribution in [3.8, 4) is 0 Å². The minimum absolute atomic E-state index is 0.128. The van der Waals surface area contributed by atoms with Crippen LogP contribution in [0, 0.1) is 0 Å². The van der Waals surface area contributed by atoms with Crippen LogP contribution in [0.25, 0.3) is 11.1 Å². The number of fused-ring (bicyclic) bond motifs is 1. The lowest BCUT2D eigenvalue weighted by atomic mass is 10.2. The summed E-state index contributed by atoms with van der Waals surface area (Å²) >= 11 is 0. The van der Waals surface area contributed by atoms with E-state index in [1.807, 2.05) is 35.0 Å². The Balaban J connectivity index is 1.34. The smallest absolute Gasteiger partial charge is 0.268 e. The zero-order valence-electron chi connectivity index (χ0n) is 15.3. The third-order valence-electron chi connectivity index (χ3n) is 4.44. The highest BCUT2D eigenvalue weighted by molar-refractivity contribution is 6.00. The summed E-state index contributed by atoms with van der Waals surface area (Å²) in [5, 5.41) is 5.44. The van der Waals surface area contributed by atoms with Gasteiger partial charge in [0.2, 0.25) is 5.91 Å². The van der Waals surface area contributed by atoms with Gasteiger partial charge in [0.15, 0.2) is 5.58 Å². The molecule has 8 heteroatoms. The SMILES string of the molecule is Cn1c(C(=O)NCC(=O)Nc2cccc(Cn3ccnc3)c2)cc2occc21. The van der Waals surface area contributed by atoms with E-state index in [0.29, 0.717) is 23.5 Å². The third-order valence-corrected chi connectivity index (χ3v) is 4.44. The Bertz CT molecular complexity index is 1120. The highest BCUT2D eigenvalue weighted by atomic mass is 16.3. The summed E-state index contributed by atoms with van der Waals surface area (Å²) in [4.78, 5) is 28.6. The van der Waals surface area contributed by atoms with Crippen LogP contribution in [0.1, 0.15) is 16.1 Å². The lowest BCUT2D eigenvalue weighted by molar-refractivity contribution is -0.115. The van der Waals surface area contributed by atoms with Gasteiger partial charge in [-0.05, 0) is 17.7 Å². The van der Waals surface area contributed by atoms with Gasteiger partial charge < -0.3 is 24.2 Å². The van der Waals surface area contributed by atoms with Crippen LogP contribution in [-0.4, -0.2) is 32.5 Å². The molecule has 0 aliphatic heterocycles. The van der Waals surface area contributed by atoms with Crippen molar-refractivity contribution >= 4 is 28.6 Å². The molecule has 4 rings (SSSR count). The molecular formula is C20H19N5O3. The normalized spacial score (nSPS) is 10.9. The van der Waals surface area contributed by atoms with Gasteiger partial charge in [0.05, 0.1) is 24.7 Å². The number of aryl methyl sites for hydroxylation is 1. The summed E-state index contributed by atoms with van der Waals surface area (Å²) < 4.78 is 8.97. The number of benzene rings is 1. The van der Waals surface area contributed by atoms with Crippen molar-refractivity contribution < 1.29 is 14.0 Å². The number of furan rings is 1. The molecular weight excluding hydrogens is 358 g/mol. The first-order valence-corrected chi connectivity index (χ1v) is 8.76. The molecule has 2 N–H and O–H groups in total. The minimum atomic E-state index is -0.335. The molecule has 0 atom stereocenters. The van der Waals surface area contributed by atoms with E-state index in [0.717, 1.165) is 11.1 Å². The largest absolute Gasteiger partial charge is 0.463 e. The minimum Gasteiger partial charge on any atom is -0.463 e. The third kappa shape index (κ3) is 3.66. The number of nitrogens with zero attached hydrogens (tertiary/aromatic N) is 3. The van der Waals surface area contributed by atoms with Gasteiger partial charge in [0, 0.05) is 43.8 Å². The standard InChI is InChI=1S/C20H19N5O3/c1-24-16-5-8-28-18(16)10-17(24)20(27)22-11-19(26)23-15-4-2-3-14(9-15)12-25-7-6-21-13-25/h2-10,13H,11-12H2,1H3,(H,22,27)(H,23,26). The highest BCUT2D eigenvalue weighted by Gasteiger charge is 2.15. The maximum atomic E-state index is 12.4. The lowest BCUT2D eigenvalue weighted by Gasteiger charge is -2.09. The van der Waals surface area contributed by atoms with Crippen LogP contribution in [0.2, 0.25) is 0 Å². The number of nitrogens with one attached hydrogen (secondary N) is 2. The molecule has 3 aromatic heterocycles. The monoisotopic (exact) mass is 377 g/mol. The molecule has 8 nitrogen and oxygen atoms in total. The van der Waals surface area contributed by atoms with Crippen molar-refractivity contribution in [2.24, 2.45) is 7.05 Å². The quantitative estimate of drug-likeness (QED) is 0.539. The van der Waals surface area contributed by atoms with Gasteiger partial charge in [-0.1, -0.05) is 12.1 Å². The first-order chi connectivity index (χ1) is 13.6. The predicted octanol–water partition coefficient (Wildman–Crippen LogP) is 2.38. The number of anilines is 1. The summed E-state index contributed by atoms with van der Waals surface area (Å²) in [6.45, 7) is 0.534. The van der Waals surface area contributed by atoms with Crippen LogP contribution in [0.3, 0.4) is 0 Å². The molecule has 0 radical (unpaired) electrons. The summed E-state index contributed by atoms with van der Waals surface area (Å²) in [5.41, 5.74) is 3.60. The number of carbonyl (C=O) groups excluding carboxylic acids is 2. The molecule has 1 aromatic carbocycles. The summed E-state index contributed by atoms with van der Waals surface area (Å²) in [7, 11) is 1.78. The molecule has 0 aliphatic rings. The van der Waals surface area contributed by atoms with Crippen molar-refractivity contribution in [3.05, 3.63) is 72.6 Å². The molecule has 0 saturated carbocycles. The van der Waals surface area contributed by atoms with Crippen molar-refractivity contribution in [2.45, 2.75) is 6.54 Å². The van der Waals surface area contributed by atoms with E-state index >= 15 is 0 Å². The maximum absolute atomic E-state index is 12.4. The van der Waals surface area contributed by atoms with Crippen molar-refractivity contribution in [1.29, 1.82) is 0 Å². The van der Waals surface area contributed by atoms with E-state index < -0.39 is 0 Å². The molecule has 0 bridgehead atoms. The average molecular weight is 377 g/mol. The second-order valence-electron chi connectivity index (χ2n) is 6.42. The molecule has 0 saturated heterocycles. The number of rotatable bonds is 6. The summed E-state index contributed by atoms with van der Waals surface area (Å²) in [6, 6.07) is 11.0.